The van der Waals surface area contributed by atoms with Crippen LogP contribution in [0, 0.1) is 13.8 Å². The van der Waals surface area contributed by atoms with Gasteiger partial charge in [-0.1, -0.05) is 0 Å². The van der Waals surface area contributed by atoms with E-state index in [1.807, 2.05) is 0 Å². The molecule has 0 radical (unpaired) electrons. The van der Waals surface area contributed by atoms with Gasteiger partial charge in [-0.25, -0.2) is 0 Å². The first-order chi connectivity index (χ1) is 7.05. The summed E-state index contributed by atoms with van der Waals surface area (Å²) in [6, 6.07) is 1.34. The number of hydrogen-bond donors (Lipinski definition) is 2. The molecule has 0 aliphatic rings. The number of halogens is 4. The Bertz CT molecular complexity index is 366. The molecule has 16 heavy (non-hydrogen) atoms. The molecule has 0 aliphatic carbocycles. The minimum Gasteiger partial charge on any atom is -0.332 e. The van der Waals surface area contributed by atoms with Crippen LogP contribution in [0.3, 0.4) is 0 Å². The lowest BCUT2D eigenvalue weighted by Crippen LogP contribution is -2.18. The van der Waals surface area contributed by atoms with Gasteiger partial charge in [0.05, 0.1) is 11.1 Å². The molecule has 0 bridgehead atoms. The molecule has 0 amide bonds. The van der Waals surface area contributed by atoms with Crippen LogP contribution in [0.2, 0.25) is 0 Å². The van der Waals surface area contributed by atoms with Crippen molar-refractivity contribution in [3.05, 3.63) is 34.4 Å². The van der Waals surface area contributed by atoms with Crippen LogP contribution in [0.25, 0.3) is 0 Å². The Balaban J connectivity index is 3.41. The highest BCUT2D eigenvalue weighted by Gasteiger charge is 2.35. The van der Waals surface area contributed by atoms with Gasteiger partial charge in [-0.15, -0.1) is 0 Å². The van der Waals surface area contributed by atoms with Gasteiger partial charge < -0.3 is 10.2 Å². The fourth-order valence-corrected chi connectivity index (χ4v) is 1.47. The summed E-state index contributed by atoms with van der Waals surface area (Å²) in [6.07, 6.45) is -8.17. The summed E-state index contributed by atoms with van der Waals surface area (Å²) >= 11 is 0. The topological polar surface area (TPSA) is 40.5 Å². The highest BCUT2D eigenvalue weighted by atomic mass is 19.3. The Morgan fingerprint density at radius 3 is 1.25 bits per heavy atom. The third-order valence-corrected chi connectivity index (χ3v) is 2.44. The smallest absolute Gasteiger partial charge is 0.332 e. The van der Waals surface area contributed by atoms with Crippen LogP contribution in [0.1, 0.15) is 22.3 Å². The van der Waals surface area contributed by atoms with Crippen molar-refractivity contribution in [1.29, 1.82) is 0 Å². The second-order valence-corrected chi connectivity index (χ2v) is 3.49. The van der Waals surface area contributed by atoms with E-state index < -0.39 is 23.3 Å². The molecule has 0 aromatic heterocycles. The normalized spacial score (nSPS) is 13.0. The zero-order valence-corrected chi connectivity index (χ0v) is 8.56. The van der Waals surface area contributed by atoms with E-state index in [1.54, 1.807) is 0 Å². The fourth-order valence-electron chi connectivity index (χ4n) is 1.47. The van der Waals surface area contributed by atoms with E-state index in [1.165, 1.54) is 13.8 Å². The lowest BCUT2D eigenvalue weighted by atomic mass is 9.97. The average Bonchev–Trinajstić information content (AvgIpc) is 2.05. The number of alkyl halides is 4. The Morgan fingerprint density at radius 1 is 0.812 bits per heavy atom. The van der Waals surface area contributed by atoms with Crippen molar-refractivity contribution in [3.8, 4) is 0 Å². The van der Waals surface area contributed by atoms with E-state index in [9.17, 15) is 17.6 Å². The molecule has 0 aliphatic heterocycles. The average molecular weight is 238 g/mol. The summed E-state index contributed by atoms with van der Waals surface area (Å²) in [4.78, 5) is 0. The van der Waals surface area contributed by atoms with Crippen LogP contribution in [0.4, 0.5) is 17.6 Å². The number of rotatable bonds is 2. The van der Waals surface area contributed by atoms with Crippen LogP contribution in [0.15, 0.2) is 12.1 Å². The van der Waals surface area contributed by atoms with Gasteiger partial charge >= 0.3 is 12.2 Å². The molecule has 1 rings (SSSR count). The van der Waals surface area contributed by atoms with Crippen molar-refractivity contribution in [2.75, 3.05) is 0 Å². The van der Waals surface area contributed by atoms with Gasteiger partial charge in [0.1, 0.15) is 0 Å². The number of hydrogen-bond acceptors (Lipinski definition) is 2. The molecule has 0 unspecified atom stereocenters. The zero-order valence-electron chi connectivity index (χ0n) is 8.56. The highest BCUT2D eigenvalue weighted by Crippen LogP contribution is 2.34. The van der Waals surface area contributed by atoms with Crippen molar-refractivity contribution in [3.63, 3.8) is 0 Å². The van der Waals surface area contributed by atoms with Crippen molar-refractivity contribution < 1.29 is 27.8 Å². The molecule has 90 valence electrons. The molecule has 1 aromatic rings. The first-order valence-corrected chi connectivity index (χ1v) is 4.36. The largest absolute Gasteiger partial charge is 0.381 e. The van der Waals surface area contributed by atoms with Gasteiger partial charge in [-0.05, 0) is 37.1 Å². The lowest BCUT2D eigenvalue weighted by Gasteiger charge is -2.18. The second-order valence-electron chi connectivity index (χ2n) is 3.49. The van der Waals surface area contributed by atoms with Crippen LogP contribution in [0.5, 0.6) is 0 Å². The molecule has 1 aromatic carbocycles. The summed E-state index contributed by atoms with van der Waals surface area (Å²) < 4.78 is 50.5. The van der Waals surface area contributed by atoms with Crippen LogP contribution < -0.4 is 0 Å². The molecule has 0 saturated heterocycles. The fraction of sp³-hybridized carbons (Fsp3) is 0.400. The van der Waals surface area contributed by atoms with Crippen molar-refractivity contribution in [2.45, 2.75) is 26.1 Å². The third-order valence-electron chi connectivity index (χ3n) is 2.44. The minimum absolute atomic E-state index is 0.182. The Labute approximate surface area is 89.1 Å². The van der Waals surface area contributed by atoms with Gasteiger partial charge in [-0.2, -0.15) is 17.6 Å². The summed E-state index contributed by atoms with van der Waals surface area (Å²) in [5.74, 6) is 0. The molecule has 0 atom stereocenters. The highest BCUT2D eigenvalue weighted by molar-refractivity contribution is 5.42. The molecule has 0 fully saturated rings. The summed E-state index contributed by atoms with van der Waals surface area (Å²) in [6.45, 7) is 2.34. The Kier molecular flexibility index (Phi) is 3.00. The molecule has 2 N–H and O–H groups in total. The Morgan fingerprint density at radius 2 is 1.06 bits per heavy atom. The van der Waals surface area contributed by atoms with Crippen molar-refractivity contribution in [2.24, 2.45) is 0 Å². The van der Waals surface area contributed by atoms with Gasteiger partial charge in [0.25, 0.3) is 0 Å². The van der Waals surface area contributed by atoms with Crippen LogP contribution >= 0.6 is 0 Å². The van der Waals surface area contributed by atoms with Gasteiger partial charge in [-0.3, -0.25) is 0 Å². The molecule has 0 heterocycles. The van der Waals surface area contributed by atoms with E-state index in [0.29, 0.717) is 12.1 Å². The van der Waals surface area contributed by atoms with E-state index in [4.69, 9.17) is 10.2 Å². The van der Waals surface area contributed by atoms with E-state index in [2.05, 4.69) is 0 Å². The number of aliphatic hydroxyl groups is 2. The molecule has 0 spiro atoms. The zero-order chi connectivity index (χ0) is 12.7. The SMILES string of the molecule is Cc1c(C(O)(F)F)ccc(C(O)(F)F)c1C. The van der Waals surface area contributed by atoms with Crippen LogP contribution in [-0.4, -0.2) is 10.2 Å². The molecule has 0 saturated carbocycles. The van der Waals surface area contributed by atoms with E-state index >= 15 is 0 Å². The summed E-state index contributed by atoms with van der Waals surface area (Å²) in [7, 11) is 0. The molecule has 6 heteroatoms. The molecular formula is C10H10F4O2. The predicted molar refractivity (Wildman–Crippen MR) is 48.1 cm³/mol. The minimum atomic E-state index is -4.09. The van der Waals surface area contributed by atoms with Crippen LogP contribution in [-0.2, 0) is 12.2 Å². The van der Waals surface area contributed by atoms with Gasteiger partial charge in [0.2, 0.25) is 0 Å². The number of benzene rings is 1. The quantitative estimate of drug-likeness (QED) is 0.776. The first-order valence-electron chi connectivity index (χ1n) is 4.36. The maximum Gasteiger partial charge on any atom is 0.381 e. The second kappa shape index (κ2) is 3.71. The standard InChI is InChI=1S/C10H10F4O2/c1-5-6(2)8(10(13,14)16)4-3-7(5)9(11,12)15/h3-4,15-16H,1-2H3. The van der Waals surface area contributed by atoms with Crippen molar-refractivity contribution in [1.82, 2.24) is 0 Å². The van der Waals surface area contributed by atoms with E-state index in [0.717, 1.165) is 0 Å². The van der Waals surface area contributed by atoms with E-state index in [-0.39, 0.29) is 11.1 Å². The first kappa shape index (κ1) is 12.9. The monoisotopic (exact) mass is 238 g/mol. The third kappa shape index (κ3) is 2.33. The summed E-state index contributed by atoms with van der Waals surface area (Å²) in [5.41, 5.74) is -1.87. The lowest BCUT2D eigenvalue weighted by molar-refractivity contribution is -0.212. The Hall–Kier alpha value is -1.14. The maximum atomic E-state index is 12.6. The molecular weight excluding hydrogens is 228 g/mol. The van der Waals surface area contributed by atoms with Gasteiger partial charge in [0.15, 0.2) is 0 Å². The summed E-state index contributed by atoms with van der Waals surface area (Å²) in [5, 5.41) is 17.0. The van der Waals surface area contributed by atoms with Crippen molar-refractivity contribution >= 4 is 0 Å². The maximum absolute atomic E-state index is 12.6. The predicted octanol–water partition coefficient (Wildman–Crippen LogP) is 2.39. The van der Waals surface area contributed by atoms with Gasteiger partial charge in [0, 0.05) is 0 Å². The molecule has 2 nitrogen and oxygen atoms in total.